The molecule has 6 nitrogen and oxygen atoms in total. The van der Waals surface area contributed by atoms with Crippen molar-refractivity contribution in [1.29, 1.82) is 0 Å². The minimum atomic E-state index is 0.221. The molecule has 0 N–H and O–H groups in total. The molecule has 0 unspecified atom stereocenters. The van der Waals surface area contributed by atoms with Gasteiger partial charge in [-0.2, -0.15) is 0 Å². The van der Waals surface area contributed by atoms with E-state index in [1.165, 1.54) is 31.5 Å². The molecule has 25 heavy (non-hydrogen) atoms. The fourth-order valence-corrected chi connectivity index (χ4v) is 3.78. The fraction of sp³-hybridized carbons (Fsp3) is 0.632. The van der Waals surface area contributed by atoms with Crippen LogP contribution in [-0.2, 0) is 13.6 Å². The second-order valence-electron chi connectivity index (χ2n) is 7.82. The molecule has 136 valence electrons. The molecule has 3 rings (SSSR count). The Kier molecular flexibility index (Phi) is 5.49. The first-order valence-electron chi connectivity index (χ1n) is 9.16. The minimum Gasteiger partial charge on any atom is -0.299 e. The largest absolute Gasteiger partial charge is 0.299 e. The summed E-state index contributed by atoms with van der Waals surface area (Å²) in [6, 6.07) is 11.0. The quantitative estimate of drug-likeness (QED) is 0.807. The van der Waals surface area contributed by atoms with Crippen LogP contribution in [0.3, 0.4) is 0 Å². The van der Waals surface area contributed by atoms with Crippen LogP contribution >= 0.6 is 0 Å². The number of likely N-dealkylation sites (tertiary alicyclic amines) is 1. The Bertz CT molecular complexity index is 660. The maximum Gasteiger partial charge on any atom is 0.167 e. The van der Waals surface area contributed by atoms with E-state index in [0.717, 1.165) is 18.9 Å². The maximum absolute atomic E-state index is 4.16. The highest BCUT2D eigenvalue weighted by atomic mass is 15.5. The standard InChI is InChI=1S/C19H30N6/c1-16(18-20-21-22-24(18)4)23(3)15-19(2)10-12-25(13-11-19)14-17-8-6-5-7-9-17/h5-9,16H,10-15H2,1-4H3/t16-/m0/s1. The minimum absolute atomic E-state index is 0.221. The molecule has 1 aromatic heterocycles. The Hall–Kier alpha value is -1.79. The molecule has 1 aliphatic heterocycles. The van der Waals surface area contributed by atoms with Gasteiger partial charge in [0.2, 0.25) is 0 Å². The first-order valence-corrected chi connectivity index (χ1v) is 9.16. The van der Waals surface area contributed by atoms with Gasteiger partial charge < -0.3 is 0 Å². The van der Waals surface area contributed by atoms with E-state index >= 15 is 0 Å². The molecule has 2 aromatic rings. The summed E-state index contributed by atoms with van der Waals surface area (Å²) >= 11 is 0. The van der Waals surface area contributed by atoms with Crippen molar-refractivity contribution in [2.45, 2.75) is 39.3 Å². The van der Waals surface area contributed by atoms with Crippen molar-refractivity contribution in [2.24, 2.45) is 12.5 Å². The molecule has 1 fully saturated rings. The third-order valence-corrected chi connectivity index (χ3v) is 5.63. The van der Waals surface area contributed by atoms with Crippen molar-refractivity contribution < 1.29 is 0 Å². The van der Waals surface area contributed by atoms with Crippen LogP contribution in [0.15, 0.2) is 30.3 Å². The Balaban J connectivity index is 1.53. The summed E-state index contributed by atoms with van der Waals surface area (Å²) < 4.78 is 1.77. The SMILES string of the molecule is C[C@@H](c1nnnn1C)N(C)CC1(C)CCN(Cc2ccccc2)CC1. The summed E-state index contributed by atoms with van der Waals surface area (Å²) in [4.78, 5) is 4.96. The number of benzene rings is 1. The molecule has 1 aromatic carbocycles. The van der Waals surface area contributed by atoms with Crippen molar-refractivity contribution >= 4 is 0 Å². The van der Waals surface area contributed by atoms with Crippen molar-refractivity contribution in [3.8, 4) is 0 Å². The topological polar surface area (TPSA) is 50.1 Å². The summed E-state index contributed by atoms with van der Waals surface area (Å²) in [5.41, 5.74) is 1.76. The van der Waals surface area contributed by atoms with Crippen molar-refractivity contribution in [2.75, 3.05) is 26.7 Å². The highest BCUT2D eigenvalue weighted by Gasteiger charge is 2.33. The first-order chi connectivity index (χ1) is 12.0. The highest BCUT2D eigenvalue weighted by molar-refractivity contribution is 5.14. The molecule has 0 saturated carbocycles. The summed E-state index contributed by atoms with van der Waals surface area (Å²) in [5.74, 6) is 0.924. The second kappa shape index (κ2) is 7.62. The zero-order chi connectivity index (χ0) is 17.9. The number of piperidine rings is 1. The van der Waals surface area contributed by atoms with Gasteiger partial charge in [-0.25, -0.2) is 4.68 Å². The summed E-state index contributed by atoms with van der Waals surface area (Å²) in [6.07, 6.45) is 2.46. The molecule has 1 saturated heterocycles. The number of aryl methyl sites for hydroxylation is 1. The molecule has 0 radical (unpaired) electrons. The van der Waals surface area contributed by atoms with Gasteiger partial charge in [0, 0.05) is 20.1 Å². The molecule has 0 bridgehead atoms. The number of tetrazole rings is 1. The van der Waals surface area contributed by atoms with Gasteiger partial charge in [-0.05, 0) is 61.3 Å². The summed E-state index contributed by atoms with van der Waals surface area (Å²) in [6.45, 7) is 9.07. The first kappa shape index (κ1) is 18.0. The van der Waals surface area contributed by atoms with Gasteiger partial charge in [-0.3, -0.25) is 9.80 Å². The van der Waals surface area contributed by atoms with Crippen molar-refractivity contribution in [3.05, 3.63) is 41.7 Å². The van der Waals surface area contributed by atoms with E-state index in [1.807, 2.05) is 7.05 Å². The maximum atomic E-state index is 4.16. The summed E-state index contributed by atoms with van der Waals surface area (Å²) in [7, 11) is 4.09. The van der Waals surface area contributed by atoms with Crippen LogP contribution in [-0.4, -0.2) is 56.7 Å². The van der Waals surface area contributed by atoms with E-state index in [9.17, 15) is 0 Å². The zero-order valence-electron chi connectivity index (χ0n) is 15.9. The lowest BCUT2D eigenvalue weighted by Gasteiger charge is -2.42. The molecule has 1 aliphatic rings. The Morgan fingerprint density at radius 2 is 1.88 bits per heavy atom. The molecular formula is C19H30N6. The average molecular weight is 342 g/mol. The van der Waals surface area contributed by atoms with Gasteiger partial charge in [0.05, 0.1) is 6.04 Å². The lowest BCUT2D eigenvalue weighted by atomic mass is 9.79. The van der Waals surface area contributed by atoms with E-state index in [1.54, 1.807) is 4.68 Å². The number of hydrogen-bond acceptors (Lipinski definition) is 5. The predicted molar refractivity (Wildman–Crippen MR) is 98.9 cm³/mol. The van der Waals surface area contributed by atoms with Crippen LogP contribution in [0.1, 0.15) is 44.1 Å². The van der Waals surface area contributed by atoms with E-state index in [2.05, 4.69) is 76.6 Å². The molecule has 0 aliphatic carbocycles. The zero-order valence-corrected chi connectivity index (χ0v) is 15.9. The van der Waals surface area contributed by atoms with Gasteiger partial charge in [0.1, 0.15) is 0 Å². The van der Waals surface area contributed by atoms with Gasteiger partial charge in [0.25, 0.3) is 0 Å². The average Bonchev–Trinajstić information content (AvgIpc) is 3.03. The Morgan fingerprint density at radius 3 is 2.48 bits per heavy atom. The lowest BCUT2D eigenvalue weighted by Crippen LogP contribution is -2.44. The highest BCUT2D eigenvalue weighted by Crippen LogP contribution is 2.34. The third kappa shape index (κ3) is 4.44. The van der Waals surface area contributed by atoms with E-state index in [0.29, 0.717) is 5.41 Å². The number of rotatable bonds is 6. The van der Waals surface area contributed by atoms with Crippen molar-refractivity contribution in [3.63, 3.8) is 0 Å². The monoisotopic (exact) mass is 342 g/mol. The van der Waals surface area contributed by atoms with Gasteiger partial charge >= 0.3 is 0 Å². The van der Waals surface area contributed by atoms with Crippen molar-refractivity contribution in [1.82, 2.24) is 30.0 Å². The van der Waals surface area contributed by atoms with Crippen LogP contribution < -0.4 is 0 Å². The van der Waals surface area contributed by atoms with Gasteiger partial charge in [0.15, 0.2) is 5.82 Å². The Labute approximate surface area is 150 Å². The second-order valence-corrected chi connectivity index (χ2v) is 7.82. The van der Waals surface area contributed by atoms with Crippen LogP contribution in [0.5, 0.6) is 0 Å². The number of hydrogen-bond donors (Lipinski definition) is 0. The fourth-order valence-electron chi connectivity index (χ4n) is 3.78. The summed E-state index contributed by atoms with van der Waals surface area (Å²) in [5, 5.41) is 11.9. The molecule has 6 heteroatoms. The van der Waals surface area contributed by atoms with Crippen LogP contribution in [0.25, 0.3) is 0 Å². The smallest absolute Gasteiger partial charge is 0.167 e. The van der Waals surface area contributed by atoms with E-state index in [4.69, 9.17) is 0 Å². The van der Waals surface area contributed by atoms with Gasteiger partial charge in [-0.1, -0.05) is 37.3 Å². The predicted octanol–water partition coefficient (Wildman–Crippen LogP) is 2.51. The third-order valence-electron chi connectivity index (χ3n) is 5.63. The number of nitrogens with zero attached hydrogens (tertiary/aromatic N) is 6. The normalized spacial score (nSPS) is 19.2. The van der Waals surface area contributed by atoms with E-state index < -0.39 is 0 Å². The lowest BCUT2D eigenvalue weighted by molar-refractivity contribution is 0.0665. The molecule has 2 heterocycles. The molecular weight excluding hydrogens is 312 g/mol. The molecule has 0 spiro atoms. The number of aromatic nitrogens is 4. The van der Waals surface area contributed by atoms with Crippen LogP contribution in [0.4, 0.5) is 0 Å². The van der Waals surface area contributed by atoms with E-state index in [-0.39, 0.29) is 6.04 Å². The van der Waals surface area contributed by atoms with Crippen LogP contribution in [0, 0.1) is 5.41 Å². The molecule has 0 amide bonds. The van der Waals surface area contributed by atoms with Crippen LogP contribution in [0.2, 0.25) is 0 Å². The molecule has 1 atom stereocenters. The van der Waals surface area contributed by atoms with Gasteiger partial charge in [-0.15, -0.1) is 5.10 Å². The Morgan fingerprint density at radius 1 is 1.20 bits per heavy atom.